The molecule has 3 nitrogen and oxygen atoms in total. The minimum absolute atomic E-state index is 0.0603. The van der Waals surface area contributed by atoms with Gasteiger partial charge in [-0.05, 0) is 31.7 Å². The number of aryl methyl sites for hydroxylation is 1. The van der Waals surface area contributed by atoms with Gasteiger partial charge in [-0.1, -0.05) is 22.0 Å². The molecule has 1 atom stereocenters. The lowest BCUT2D eigenvalue weighted by molar-refractivity contribution is 0.584. The maximum Gasteiger partial charge on any atom is 0.130 e. The van der Waals surface area contributed by atoms with Crippen molar-refractivity contribution in [1.29, 1.82) is 0 Å². The molecule has 2 rings (SSSR count). The third-order valence-corrected chi connectivity index (χ3v) is 3.60. The number of aromatic nitrogens is 2. The van der Waals surface area contributed by atoms with Crippen molar-refractivity contribution in [2.75, 3.05) is 7.05 Å². The van der Waals surface area contributed by atoms with E-state index >= 15 is 0 Å². The molecule has 2 aromatic rings. The predicted octanol–water partition coefficient (Wildman–Crippen LogP) is 3.11. The Labute approximate surface area is 114 Å². The third kappa shape index (κ3) is 2.47. The van der Waals surface area contributed by atoms with Gasteiger partial charge in [-0.25, -0.2) is 9.37 Å². The van der Waals surface area contributed by atoms with Crippen LogP contribution in [0.15, 0.2) is 35.1 Å². The molecule has 0 aliphatic carbocycles. The smallest absolute Gasteiger partial charge is 0.130 e. The summed E-state index contributed by atoms with van der Waals surface area (Å²) in [5, 5.41) is 3.22. The van der Waals surface area contributed by atoms with Gasteiger partial charge in [-0.3, -0.25) is 0 Å². The zero-order chi connectivity index (χ0) is 13.1. The highest BCUT2D eigenvalue weighted by Gasteiger charge is 2.19. The van der Waals surface area contributed by atoms with Crippen LogP contribution in [-0.2, 0) is 6.54 Å². The summed E-state index contributed by atoms with van der Waals surface area (Å²) in [7, 11) is 1.87. The normalized spacial score (nSPS) is 12.7. The van der Waals surface area contributed by atoms with Crippen molar-refractivity contribution < 1.29 is 4.39 Å². The zero-order valence-corrected chi connectivity index (χ0v) is 11.9. The molecule has 1 aromatic heterocycles. The molecule has 1 aromatic carbocycles. The molecule has 0 aliphatic heterocycles. The maximum atomic E-state index is 13.1. The van der Waals surface area contributed by atoms with Crippen LogP contribution in [0, 0.1) is 5.82 Å². The van der Waals surface area contributed by atoms with E-state index in [9.17, 15) is 4.39 Å². The van der Waals surface area contributed by atoms with Crippen molar-refractivity contribution in [3.05, 3.63) is 52.3 Å². The van der Waals surface area contributed by atoms with Gasteiger partial charge in [0.1, 0.15) is 11.6 Å². The quantitative estimate of drug-likeness (QED) is 0.940. The molecule has 0 aliphatic rings. The number of halogens is 2. The molecule has 0 bridgehead atoms. The Morgan fingerprint density at radius 2 is 2.28 bits per heavy atom. The van der Waals surface area contributed by atoms with E-state index < -0.39 is 0 Å². The van der Waals surface area contributed by atoms with Crippen LogP contribution in [-0.4, -0.2) is 16.6 Å². The van der Waals surface area contributed by atoms with Gasteiger partial charge in [0.05, 0.1) is 6.04 Å². The summed E-state index contributed by atoms with van der Waals surface area (Å²) >= 11 is 3.40. The minimum atomic E-state index is -0.251. The van der Waals surface area contributed by atoms with Gasteiger partial charge in [-0.2, -0.15) is 0 Å². The van der Waals surface area contributed by atoms with Gasteiger partial charge in [0.25, 0.3) is 0 Å². The van der Waals surface area contributed by atoms with Gasteiger partial charge < -0.3 is 9.88 Å². The number of imidazole rings is 1. The topological polar surface area (TPSA) is 29.9 Å². The van der Waals surface area contributed by atoms with E-state index in [1.807, 2.05) is 13.2 Å². The van der Waals surface area contributed by atoms with Crippen LogP contribution in [0.25, 0.3) is 0 Å². The molecule has 96 valence electrons. The highest BCUT2D eigenvalue weighted by molar-refractivity contribution is 9.10. The van der Waals surface area contributed by atoms with Crippen molar-refractivity contribution in [2.24, 2.45) is 0 Å². The standard InChI is InChI=1S/C13H15BrFN3/c1-3-18-7-6-17-13(18)12(16-2)10-5-4-9(15)8-11(10)14/h4-8,12,16H,3H2,1-2H3. The monoisotopic (exact) mass is 311 g/mol. The van der Waals surface area contributed by atoms with E-state index in [1.165, 1.54) is 12.1 Å². The van der Waals surface area contributed by atoms with Crippen LogP contribution in [0.5, 0.6) is 0 Å². The molecular weight excluding hydrogens is 297 g/mol. The molecular formula is C13H15BrFN3. The predicted molar refractivity (Wildman–Crippen MR) is 72.9 cm³/mol. The fourth-order valence-electron chi connectivity index (χ4n) is 2.01. The van der Waals surface area contributed by atoms with Crippen molar-refractivity contribution in [2.45, 2.75) is 19.5 Å². The molecule has 1 heterocycles. The van der Waals surface area contributed by atoms with Gasteiger partial charge in [0.15, 0.2) is 0 Å². The lowest BCUT2D eigenvalue weighted by atomic mass is 10.1. The molecule has 0 fully saturated rings. The SMILES string of the molecule is CCn1ccnc1C(NC)c1ccc(F)cc1Br. The van der Waals surface area contributed by atoms with Crippen molar-refractivity contribution >= 4 is 15.9 Å². The van der Waals surface area contributed by atoms with Crippen LogP contribution in [0.2, 0.25) is 0 Å². The summed E-state index contributed by atoms with van der Waals surface area (Å²) in [4.78, 5) is 4.38. The number of nitrogens with one attached hydrogen (secondary N) is 1. The Morgan fingerprint density at radius 3 is 2.89 bits per heavy atom. The number of rotatable bonds is 4. The van der Waals surface area contributed by atoms with Crippen molar-refractivity contribution in [1.82, 2.24) is 14.9 Å². The van der Waals surface area contributed by atoms with Crippen LogP contribution in [0.3, 0.4) is 0 Å². The molecule has 0 amide bonds. The Balaban J connectivity index is 2.45. The highest BCUT2D eigenvalue weighted by Crippen LogP contribution is 2.28. The molecule has 0 saturated carbocycles. The molecule has 1 unspecified atom stereocenters. The Kier molecular flexibility index (Phi) is 4.14. The summed E-state index contributed by atoms with van der Waals surface area (Å²) < 4.78 is 15.9. The second-order valence-corrected chi connectivity index (χ2v) is 4.81. The van der Waals surface area contributed by atoms with E-state index in [1.54, 1.807) is 12.3 Å². The second-order valence-electron chi connectivity index (χ2n) is 3.96. The first kappa shape index (κ1) is 13.2. The maximum absolute atomic E-state index is 13.1. The average Bonchev–Trinajstić information content (AvgIpc) is 2.81. The lowest BCUT2D eigenvalue weighted by Gasteiger charge is -2.18. The fourth-order valence-corrected chi connectivity index (χ4v) is 2.59. The Morgan fingerprint density at radius 1 is 1.50 bits per heavy atom. The van der Waals surface area contributed by atoms with Crippen molar-refractivity contribution in [3.63, 3.8) is 0 Å². The Hall–Kier alpha value is -1.20. The van der Waals surface area contributed by atoms with E-state index in [-0.39, 0.29) is 11.9 Å². The zero-order valence-electron chi connectivity index (χ0n) is 10.3. The summed E-state index contributed by atoms with van der Waals surface area (Å²) in [5.41, 5.74) is 0.972. The van der Waals surface area contributed by atoms with Gasteiger partial charge in [0, 0.05) is 23.4 Å². The lowest BCUT2D eigenvalue weighted by Crippen LogP contribution is -2.22. The summed E-state index contributed by atoms with van der Waals surface area (Å²) in [5.74, 6) is 0.673. The molecule has 0 radical (unpaired) electrons. The number of hydrogen-bond acceptors (Lipinski definition) is 2. The van der Waals surface area contributed by atoms with E-state index in [4.69, 9.17) is 0 Å². The van der Waals surface area contributed by atoms with E-state index in [0.717, 1.165) is 22.4 Å². The molecule has 18 heavy (non-hydrogen) atoms. The fraction of sp³-hybridized carbons (Fsp3) is 0.308. The van der Waals surface area contributed by atoms with Crippen LogP contribution >= 0.6 is 15.9 Å². The first-order valence-corrected chi connectivity index (χ1v) is 6.60. The van der Waals surface area contributed by atoms with Gasteiger partial charge in [-0.15, -0.1) is 0 Å². The molecule has 5 heteroatoms. The number of hydrogen-bond donors (Lipinski definition) is 1. The van der Waals surface area contributed by atoms with Gasteiger partial charge in [0.2, 0.25) is 0 Å². The molecule has 1 N–H and O–H groups in total. The van der Waals surface area contributed by atoms with Crippen LogP contribution in [0.4, 0.5) is 4.39 Å². The van der Waals surface area contributed by atoms with E-state index in [2.05, 4.69) is 37.7 Å². The van der Waals surface area contributed by atoms with E-state index in [0.29, 0.717) is 0 Å². The second kappa shape index (κ2) is 5.63. The number of nitrogens with zero attached hydrogens (tertiary/aromatic N) is 2. The van der Waals surface area contributed by atoms with Gasteiger partial charge >= 0.3 is 0 Å². The van der Waals surface area contributed by atoms with Crippen LogP contribution in [0.1, 0.15) is 24.4 Å². The first-order valence-electron chi connectivity index (χ1n) is 5.80. The largest absolute Gasteiger partial charge is 0.334 e. The average molecular weight is 312 g/mol. The summed E-state index contributed by atoms with van der Waals surface area (Å²) in [6.45, 7) is 2.92. The molecule has 0 saturated heterocycles. The Bertz CT molecular complexity index is 539. The summed E-state index contributed by atoms with van der Waals surface area (Å²) in [6.07, 6.45) is 3.72. The highest BCUT2D eigenvalue weighted by atomic mass is 79.9. The molecule has 0 spiro atoms. The first-order chi connectivity index (χ1) is 8.67. The van der Waals surface area contributed by atoms with Crippen molar-refractivity contribution in [3.8, 4) is 0 Å². The summed E-state index contributed by atoms with van der Waals surface area (Å²) in [6, 6.07) is 4.65. The third-order valence-electron chi connectivity index (χ3n) is 2.91. The number of benzene rings is 1. The van der Waals surface area contributed by atoms with Crippen LogP contribution < -0.4 is 5.32 Å². The minimum Gasteiger partial charge on any atom is -0.334 e.